The van der Waals surface area contributed by atoms with E-state index in [1.54, 1.807) is 6.20 Å². The van der Waals surface area contributed by atoms with E-state index in [2.05, 4.69) is 31.6 Å². The number of methoxy groups -OCH3 is 1. The van der Waals surface area contributed by atoms with Gasteiger partial charge in [0.15, 0.2) is 5.69 Å². The molecular weight excluding hydrogens is 284 g/mol. The average Bonchev–Trinajstić information content (AvgIpc) is 2.58. The van der Waals surface area contributed by atoms with Crippen molar-refractivity contribution in [1.82, 2.24) is 14.9 Å². The Balaban J connectivity index is 1.76. The van der Waals surface area contributed by atoms with Crippen LogP contribution >= 0.6 is 0 Å². The topological polar surface area (TPSA) is 67.8 Å². The van der Waals surface area contributed by atoms with Gasteiger partial charge in [-0.3, -0.25) is 4.90 Å². The minimum absolute atomic E-state index is 0.152. The van der Waals surface area contributed by atoms with E-state index < -0.39 is 5.97 Å². The van der Waals surface area contributed by atoms with Crippen molar-refractivity contribution < 1.29 is 14.3 Å². The van der Waals surface area contributed by atoms with E-state index >= 15 is 0 Å². The van der Waals surface area contributed by atoms with Gasteiger partial charge in [-0.25, -0.2) is 14.8 Å². The maximum absolute atomic E-state index is 11.4. The molecule has 2 fully saturated rings. The van der Waals surface area contributed by atoms with E-state index in [9.17, 15) is 4.79 Å². The standard InChI is InChI=1S/C15H22N4O3/c1-18-5-6-19(11-15(18)3-7-22-8-4-15)13-10-16-12(9-17-13)14(20)21-2/h9-10H,3-8,11H2,1-2H3. The summed E-state index contributed by atoms with van der Waals surface area (Å²) in [4.78, 5) is 24.7. The molecule has 0 bridgehead atoms. The number of ether oxygens (including phenoxy) is 2. The van der Waals surface area contributed by atoms with Crippen LogP contribution in [0, 0.1) is 0 Å². The highest BCUT2D eigenvalue weighted by molar-refractivity contribution is 5.86. The summed E-state index contributed by atoms with van der Waals surface area (Å²) in [6.45, 7) is 4.43. The van der Waals surface area contributed by atoms with Crippen LogP contribution in [0.25, 0.3) is 0 Å². The molecule has 1 aromatic rings. The molecule has 1 aromatic heterocycles. The molecule has 0 amide bonds. The number of hydrogen-bond donors (Lipinski definition) is 0. The minimum Gasteiger partial charge on any atom is -0.464 e. The number of nitrogens with zero attached hydrogens (tertiary/aromatic N) is 4. The van der Waals surface area contributed by atoms with Crippen LogP contribution < -0.4 is 4.90 Å². The van der Waals surface area contributed by atoms with E-state index in [0.29, 0.717) is 0 Å². The number of esters is 1. The molecule has 2 aliphatic heterocycles. The molecule has 0 aliphatic carbocycles. The van der Waals surface area contributed by atoms with Crippen molar-refractivity contribution in [3.05, 3.63) is 18.1 Å². The monoisotopic (exact) mass is 306 g/mol. The van der Waals surface area contributed by atoms with Crippen LogP contribution in [0.1, 0.15) is 23.3 Å². The zero-order valence-corrected chi connectivity index (χ0v) is 13.1. The fourth-order valence-corrected chi connectivity index (χ4v) is 3.24. The van der Waals surface area contributed by atoms with Gasteiger partial charge in [-0.1, -0.05) is 0 Å². The third-order valence-corrected chi connectivity index (χ3v) is 4.78. The second kappa shape index (κ2) is 6.18. The van der Waals surface area contributed by atoms with Gasteiger partial charge in [0.2, 0.25) is 0 Å². The van der Waals surface area contributed by atoms with Crippen molar-refractivity contribution in [1.29, 1.82) is 0 Å². The summed E-state index contributed by atoms with van der Waals surface area (Å²) < 4.78 is 10.2. The minimum atomic E-state index is -0.460. The predicted molar refractivity (Wildman–Crippen MR) is 81.0 cm³/mol. The Kier molecular flexibility index (Phi) is 4.26. The number of piperazine rings is 1. The number of anilines is 1. The van der Waals surface area contributed by atoms with Crippen LogP contribution in [0.2, 0.25) is 0 Å². The highest BCUT2D eigenvalue weighted by atomic mass is 16.5. The summed E-state index contributed by atoms with van der Waals surface area (Å²) in [5.41, 5.74) is 0.389. The van der Waals surface area contributed by atoms with Crippen molar-refractivity contribution in [3.63, 3.8) is 0 Å². The molecule has 2 saturated heterocycles. The largest absolute Gasteiger partial charge is 0.464 e. The van der Waals surface area contributed by atoms with Gasteiger partial charge in [-0.2, -0.15) is 0 Å². The highest BCUT2D eigenvalue weighted by Crippen LogP contribution is 2.32. The molecule has 3 rings (SSSR count). The molecule has 7 nitrogen and oxygen atoms in total. The molecule has 0 N–H and O–H groups in total. The SMILES string of the molecule is COC(=O)c1cnc(N2CCN(C)C3(CCOCC3)C2)cn1. The number of carbonyl (C=O) groups excluding carboxylic acids is 1. The van der Waals surface area contributed by atoms with Crippen LogP contribution in [0.3, 0.4) is 0 Å². The summed E-state index contributed by atoms with van der Waals surface area (Å²) >= 11 is 0. The van der Waals surface area contributed by atoms with Gasteiger partial charge in [0, 0.05) is 38.4 Å². The quantitative estimate of drug-likeness (QED) is 0.740. The van der Waals surface area contributed by atoms with Crippen LogP contribution in [0.4, 0.5) is 5.82 Å². The molecule has 0 aromatic carbocycles. The van der Waals surface area contributed by atoms with E-state index in [-0.39, 0.29) is 11.2 Å². The highest BCUT2D eigenvalue weighted by Gasteiger charge is 2.41. The van der Waals surface area contributed by atoms with Gasteiger partial charge in [0.25, 0.3) is 0 Å². The zero-order chi connectivity index (χ0) is 15.6. The molecule has 120 valence electrons. The predicted octanol–water partition coefficient (Wildman–Crippen LogP) is 0.564. The van der Waals surface area contributed by atoms with Crippen molar-refractivity contribution in [2.45, 2.75) is 18.4 Å². The van der Waals surface area contributed by atoms with E-state index in [0.717, 1.165) is 51.5 Å². The molecule has 0 saturated carbocycles. The molecular formula is C15H22N4O3. The maximum Gasteiger partial charge on any atom is 0.358 e. The van der Waals surface area contributed by atoms with Crippen LogP contribution in [-0.2, 0) is 9.47 Å². The Morgan fingerprint density at radius 1 is 1.27 bits per heavy atom. The first kappa shape index (κ1) is 15.2. The van der Waals surface area contributed by atoms with E-state index in [4.69, 9.17) is 4.74 Å². The summed E-state index contributed by atoms with van der Waals surface area (Å²) in [6, 6.07) is 0. The van der Waals surface area contributed by atoms with Crippen LogP contribution in [-0.4, -0.2) is 73.4 Å². The maximum atomic E-state index is 11.4. The fourth-order valence-electron chi connectivity index (χ4n) is 3.24. The molecule has 0 unspecified atom stereocenters. The first-order valence-electron chi connectivity index (χ1n) is 7.59. The summed E-state index contributed by atoms with van der Waals surface area (Å²) in [7, 11) is 3.53. The molecule has 3 heterocycles. The Morgan fingerprint density at radius 2 is 2.05 bits per heavy atom. The second-order valence-electron chi connectivity index (χ2n) is 5.93. The Labute approximate surface area is 130 Å². The lowest BCUT2D eigenvalue weighted by atomic mass is 9.86. The van der Waals surface area contributed by atoms with Crippen molar-refractivity contribution in [2.24, 2.45) is 0 Å². The molecule has 2 aliphatic rings. The van der Waals surface area contributed by atoms with E-state index in [1.165, 1.54) is 13.3 Å². The van der Waals surface area contributed by atoms with Crippen molar-refractivity contribution in [2.75, 3.05) is 51.9 Å². The van der Waals surface area contributed by atoms with Gasteiger partial charge in [-0.05, 0) is 19.9 Å². The van der Waals surface area contributed by atoms with Gasteiger partial charge in [0.05, 0.1) is 19.5 Å². The Morgan fingerprint density at radius 3 is 2.68 bits per heavy atom. The van der Waals surface area contributed by atoms with Gasteiger partial charge in [0.1, 0.15) is 5.82 Å². The first-order valence-corrected chi connectivity index (χ1v) is 7.59. The zero-order valence-electron chi connectivity index (χ0n) is 13.1. The number of hydrogen-bond acceptors (Lipinski definition) is 7. The average molecular weight is 306 g/mol. The number of rotatable bonds is 2. The number of aromatic nitrogens is 2. The van der Waals surface area contributed by atoms with Gasteiger partial charge in [-0.15, -0.1) is 0 Å². The van der Waals surface area contributed by atoms with Crippen molar-refractivity contribution in [3.8, 4) is 0 Å². The molecule has 0 atom stereocenters. The smallest absolute Gasteiger partial charge is 0.358 e. The summed E-state index contributed by atoms with van der Waals surface area (Å²) in [5.74, 6) is 0.352. The summed E-state index contributed by atoms with van der Waals surface area (Å²) in [5, 5.41) is 0. The summed E-state index contributed by atoms with van der Waals surface area (Å²) in [6.07, 6.45) is 5.21. The normalized spacial score (nSPS) is 21.8. The Bertz CT molecular complexity index is 528. The first-order chi connectivity index (χ1) is 10.6. The third-order valence-electron chi connectivity index (χ3n) is 4.78. The number of carbonyl (C=O) groups is 1. The van der Waals surface area contributed by atoms with Crippen molar-refractivity contribution >= 4 is 11.8 Å². The lowest BCUT2D eigenvalue weighted by Gasteiger charge is -2.51. The van der Waals surface area contributed by atoms with Crippen LogP contribution in [0.5, 0.6) is 0 Å². The lowest BCUT2D eigenvalue weighted by molar-refractivity contribution is -0.0221. The van der Waals surface area contributed by atoms with E-state index in [1.807, 2.05) is 0 Å². The second-order valence-corrected chi connectivity index (χ2v) is 5.93. The molecule has 7 heteroatoms. The molecule has 1 spiro atoms. The number of likely N-dealkylation sites (N-methyl/N-ethyl adjacent to an activating group) is 1. The van der Waals surface area contributed by atoms with Gasteiger partial charge >= 0.3 is 5.97 Å². The van der Waals surface area contributed by atoms with Crippen LogP contribution in [0.15, 0.2) is 12.4 Å². The molecule has 0 radical (unpaired) electrons. The Hall–Kier alpha value is -1.73. The fraction of sp³-hybridized carbons (Fsp3) is 0.667. The lowest BCUT2D eigenvalue weighted by Crippen LogP contribution is -2.63. The third kappa shape index (κ3) is 2.78. The molecule has 22 heavy (non-hydrogen) atoms. The van der Waals surface area contributed by atoms with Gasteiger partial charge < -0.3 is 14.4 Å².